The number of hydrogen-bond donors (Lipinski definition) is 4. The van der Waals surface area contributed by atoms with Crippen LogP contribution in [0.1, 0.15) is 83.6 Å². The lowest BCUT2D eigenvalue weighted by atomic mass is 9.87. The molecule has 2 fully saturated rings. The Kier molecular flexibility index (Phi) is 11.2. The van der Waals surface area contributed by atoms with Crippen molar-refractivity contribution < 1.29 is 29.3 Å². The number of pyridine rings is 1. The van der Waals surface area contributed by atoms with Crippen molar-refractivity contribution in [1.29, 1.82) is 0 Å². The second-order valence-electron chi connectivity index (χ2n) is 14.6. The highest BCUT2D eigenvalue weighted by molar-refractivity contribution is 5.95. The van der Waals surface area contributed by atoms with Crippen LogP contribution < -0.4 is 20.1 Å². The SMILES string of the molecule is CCN(CC)C(=O)c1ccc(C2=CC3(CCNC3)Oc3ccc(O)cc32)cc1.CCN(CC)C(=O)c1ccc(C2=CC3(CCNC3)Oc3ccc(O)cc32)cn1. The average molecular weight is 758 g/mol. The number of phenols is 2. The molecule has 2 atom stereocenters. The summed E-state index contributed by atoms with van der Waals surface area (Å²) >= 11 is 0. The third-order valence-corrected chi connectivity index (χ3v) is 11.1. The topological polar surface area (TPSA) is 136 Å². The van der Waals surface area contributed by atoms with Crippen molar-refractivity contribution in [2.24, 2.45) is 0 Å². The van der Waals surface area contributed by atoms with E-state index in [1.807, 2.05) is 75.1 Å². The summed E-state index contributed by atoms with van der Waals surface area (Å²) in [5, 5.41) is 26.7. The number of fused-ring (bicyclic) bond motifs is 2. The molecule has 4 aliphatic heterocycles. The minimum Gasteiger partial charge on any atom is -0.508 e. The van der Waals surface area contributed by atoms with Gasteiger partial charge >= 0.3 is 0 Å². The molecule has 8 rings (SSSR count). The summed E-state index contributed by atoms with van der Waals surface area (Å²) in [6.07, 6.45) is 7.80. The normalized spacial score (nSPS) is 20.4. The fourth-order valence-electron chi connectivity index (χ4n) is 7.93. The largest absolute Gasteiger partial charge is 0.508 e. The summed E-state index contributed by atoms with van der Waals surface area (Å²) < 4.78 is 12.6. The maximum atomic E-state index is 12.6. The van der Waals surface area contributed by atoms with Crippen molar-refractivity contribution in [1.82, 2.24) is 25.4 Å². The highest BCUT2D eigenvalue weighted by atomic mass is 16.5. The second-order valence-corrected chi connectivity index (χ2v) is 14.6. The quantitative estimate of drug-likeness (QED) is 0.164. The first-order chi connectivity index (χ1) is 27.1. The van der Waals surface area contributed by atoms with E-state index in [0.717, 1.165) is 83.9 Å². The molecule has 0 radical (unpaired) electrons. The molecular weight excluding hydrogens is 707 g/mol. The Bertz CT molecular complexity index is 1970. The monoisotopic (exact) mass is 757 g/mol. The van der Waals surface area contributed by atoms with Gasteiger partial charge in [0.2, 0.25) is 0 Å². The smallest absolute Gasteiger partial charge is 0.272 e. The second kappa shape index (κ2) is 16.2. The zero-order valence-corrected chi connectivity index (χ0v) is 32.6. The number of rotatable bonds is 8. The van der Waals surface area contributed by atoms with E-state index in [1.165, 1.54) is 0 Å². The number of hydrogen-bond acceptors (Lipinski definition) is 9. The van der Waals surface area contributed by atoms with Crippen molar-refractivity contribution in [2.75, 3.05) is 52.4 Å². The van der Waals surface area contributed by atoms with Crippen LogP contribution in [0.25, 0.3) is 11.1 Å². The molecule has 11 heteroatoms. The Morgan fingerprint density at radius 3 is 1.59 bits per heavy atom. The Hall–Kier alpha value is -5.65. The predicted octanol–water partition coefficient (Wildman–Crippen LogP) is 6.26. The number of aromatic nitrogens is 1. The van der Waals surface area contributed by atoms with Crippen molar-refractivity contribution in [3.8, 4) is 23.0 Å². The molecule has 2 unspecified atom stereocenters. The molecular formula is C45H51N5O6. The fraction of sp³-hybridized carbons (Fsp3) is 0.356. The van der Waals surface area contributed by atoms with Crippen molar-refractivity contribution in [2.45, 2.75) is 51.7 Å². The summed E-state index contributed by atoms with van der Waals surface area (Å²) in [5.41, 5.74) is 5.99. The number of amides is 2. The maximum absolute atomic E-state index is 12.6. The summed E-state index contributed by atoms with van der Waals surface area (Å²) in [4.78, 5) is 33.1. The van der Waals surface area contributed by atoms with Crippen molar-refractivity contribution in [3.63, 3.8) is 0 Å². The van der Waals surface area contributed by atoms with E-state index in [1.54, 1.807) is 41.4 Å². The van der Waals surface area contributed by atoms with Crippen LogP contribution >= 0.6 is 0 Å². The van der Waals surface area contributed by atoms with E-state index in [2.05, 4.69) is 27.8 Å². The number of nitrogens with zero attached hydrogens (tertiary/aromatic N) is 3. The molecule has 4 N–H and O–H groups in total. The molecule has 2 spiro atoms. The first-order valence-electron chi connectivity index (χ1n) is 19.7. The van der Waals surface area contributed by atoms with Gasteiger partial charge in [0.1, 0.15) is 39.9 Å². The lowest BCUT2D eigenvalue weighted by Gasteiger charge is -2.33. The third kappa shape index (κ3) is 7.74. The molecule has 2 amide bonds. The lowest BCUT2D eigenvalue weighted by molar-refractivity contribution is 0.0761. The number of benzene rings is 3. The minimum atomic E-state index is -0.394. The standard InChI is InChI=1S/C23H26N2O3.C22H25N3O3/c1-3-25(4-2)22(27)17-7-5-16(6-8-17)20-14-23(11-12-24-15-23)28-21-10-9-18(26)13-19(20)21;1-3-25(4-2)21(27)19-7-5-15(13-24-19)18-12-22(9-10-23-14-22)28-20-8-6-16(26)11-17(18)20/h5-10,13-14,24,26H,3-4,11-12,15H2,1-2H3;5-8,11-13,23,26H,3-4,9-10,14H2,1-2H3. The van der Waals surface area contributed by atoms with Crippen LogP contribution in [0.2, 0.25) is 0 Å². The first-order valence-corrected chi connectivity index (χ1v) is 19.7. The third-order valence-electron chi connectivity index (χ3n) is 11.1. The van der Waals surface area contributed by atoms with Crippen LogP contribution in [0.3, 0.4) is 0 Å². The number of aromatic hydroxyl groups is 2. The van der Waals surface area contributed by atoms with Gasteiger partial charge in [-0.3, -0.25) is 14.6 Å². The number of carbonyl (C=O) groups excluding carboxylic acids is 2. The molecule has 2 saturated heterocycles. The van der Waals surface area contributed by atoms with Crippen LogP contribution in [0, 0.1) is 0 Å². The molecule has 56 heavy (non-hydrogen) atoms. The van der Waals surface area contributed by atoms with E-state index in [4.69, 9.17) is 9.47 Å². The van der Waals surface area contributed by atoms with Gasteiger partial charge in [-0.15, -0.1) is 0 Å². The zero-order valence-electron chi connectivity index (χ0n) is 32.6. The number of ether oxygens (including phenoxy) is 2. The van der Waals surface area contributed by atoms with Crippen LogP contribution in [0.4, 0.5) is 0 Å². The van der Waals surface area contributed by atoms with Gasteiger partial charge in [-0.2, -0.15) is 0 Å². The van der Waals surface area contributed by atoms with Crippen LogP contribution in [0.15, 0.2) is 91.1 Å². The summed E-state index contributed by atoms with van der Waals surface area (Å²) in [6, 6.07) is 21.8. The van der Waals surface area contributed by atoms with E-state index in [-0.39, 0.29) is 28.9 Å². The van der Waals surface area contributed by atoms with Gasteiger partial charge in [0, 0.05) is 80.6 Å². The van der Waals surface area contributed by atoms with Crippen molar-refractivity contribution >= 4 is 23.0 Å². The van der Waals surface area contributed by atoms with Gasteiger partial charge < -0.3 is 40.1 Å². The number of phenolic OH excluding ortho intramolecular Hbond substituents is 2. The van der Waals surface area contributed by atoms with E-state index < -0.39 is 5.60 Å². The molecule has 3 aromatic carbocycles. The average Bonchev–Trinajstić information content (AvgIpc) is 3.88. The number of nitrogens with one attached hydrogen (secondary N) is 2. The van der Waals surface area contributed by atoms with Gasteiger partial charge in [0.15, 0.2) is 0 Å². The highest BCUT2D eigenvalue weighted by Gasteiger charge is 2.40. The fourth-order valence-corrected chi connectivity index (χ4v) is 7.93. The zero-order chi connectivity index (χ0) is 39.5. The summed E-state index contributed by atoms with van der Waals surface area (Å²) in [5.74, 6) is 1.92. The molecule has 0 aliphatic carbocycles. The Labute approximate surface area is 328 Å². The molecule has 1 aromatic heterocycles. The summed E-state index contributed by atoms with van der Waals surface area (Å²) in [7, 11) is 0. The van der Waals surface area contributed by atoms with Gasteiger partial charge in [0.05, 0.1) is 0 Å². The lowest BCUT2D eigenvalue weighted by Crippen LogP contribution is -2.38. The van der Waals surface area contributed by atoms with Crippen LogP contribution in [-0.2, 0) is 0 Å². The molecule has 4 aliphatic rings. The van der Waals surface area contributed by atoms with Gasteiger partial charge in [-0.25, -0.2) is 0 Å². The predicted molar refractivity (Wildman–Crippen MR) is 217 cm³/mol. The molecule has 292 valence electrons. The number of carbonyl (C=O) groups is 2. The molecule has 0 saturated carbocycles. The van der Waals surface area contributed by atoms with Crippen molar-refractivity contribution in [3.05, 3.63) is 125 Å². The molecule has 11 nitrogen and oxygen atoms in total. The molecule has 4 aromatic rings. The Balaban J connectivity index is 0.000000172. The van der Waals surface area contributed by atoms with Crippen LogP contribution in [0.5, 0.6) is 23.0 Å². The Morgan fingerprint density at radius 1 is 0.661 bits per heavy atom. The van der Waals surface area contributed by atoms with Gasteiger partial charge in [-0.05, 0) is 124 Å². The minimum absolute atomic E-state index is 0.0482. The molecule has 5 heterocycles. The van der Waals surface area contributed by atoms with Gasteiger partial charge in [-0.1, -0.05) is 18.2 Å². The Morgan fingerprint density at radius 2 is 1.14 bits per heavy atom. The highest BCUT2D eigenvalue weighted by Crippen LogP contribution is 2.44. The molecule has 0 bridgehead atoms. The maximum Gasteiger partial charge on any atom is 0.272 e. The summed E-state index contributed by atoms with van der Waals surface area (Å²) in [6.45, 7) is 13.9. The van der Waals surface area contributed by atoms with E-state index in [0.29, 0.717) is 37.4 Å². The first kappa shape index (κ1) is 38.6. The van der Waals surface area contributed by atoms with E-state index >= 15 is 0 Å². The van der Waals surface area contributed by atoms with Crippen LogP contribution in [-0.4, -0.2) is 100 Å². The van der Waals surface area contributed by atoms with E-state index in [9.17, 15) is 19.8 Å². The van der Waals surface area contributed by atoms with Gasteiger partial charge in [0.25, 0.3) is 11.8 Å².